The van der Waals surface area contributed by atoms with Crippen molar-refractivity contribution in [3.63, 3.8) is 0 Å². The lowest BCUT2D eigenvalue weighted by molar-refractivity contribution is -0.384. The van der Waals surface area contributed by atoms with Crippen molar-refractivity contribution >= 4 is 52.3 Å². The van der Waals surface area contributed by atoms with Crippen LogP contribution in [0.2, 0.25) is 10.0 Å². The Kier molecular flexibility index (Phi) is 8.28. The van der Waals surface area contributed by atoms with Crippen LogP contribution in [0.1, 0.15) is 17.0 Å². The van der Waals surface area contributed by atoms with E-state index >= 15 is 0 Å². The van der Waals surface area contributed by atoms with Gasteiger partial charge in [0.2, 0.25) is 5.91 Å². The number of nitrogens with one attached hydrogen (secondary N) is 3. The van der Waals surface area contributed by atoms with Gasteiger partial charge >= 0.3 is 6.09 Å². The maximum atomic E-state index is 13.8. The quantitative estimate of drug-likeness (QED) is 0.144. The van der Waals surface area contributed by atoms with E-state index in [-0.39, 0.29) is 45.2 Å². The third kappa shape index (κ3) is 6.61. The number of amides is 2. The molecule has 198 valence electrons. The van der Waals surface area contributed by atoms with E-state index in [2.05, 4.69) is 15.6 Å². The first-order chi connectivity index (χ1) is 18.6. The van der Waals surface area contributed by atoms with Gasteiger partial charge in [-0.05, 0) is 66.1 Å². The minimum atomic E-state index is -1.28. The van der Waals surface area contributed by atoms with Gasteiger partial charge < -0.3 is 15.4 Å². The van der Waals surface area contributed by atoms with E-state index < -0.39 is 28.4 Å². The molecule has 1 heterocycles. The molecule has 1 atom stereocenters. The number of carbonyl (C=O) groups excluding carboxylic acids is 1. The molecule has 4 rings (SSSR count). The largest absolute Gasteiger partial charge is 0.465 e. The van der Waals surface area contributed by atoms with E-state index in [4.69, 9.17) is 28.3 Å². The first kappa shape index (κ1) is 27.4. The van der Waals surface area contributed by atoms with Gasteiger partial charge in [-0.15, -0.1) is 0 Å². The highest BCUT2D eigenvalue weighted by molar-refractivity contribution is 6.31. The number of halogens is 2. The molecule has 0 aliphatic rings. The van der Waals surface area contributed by atoms with Gasteiger partial charge in [-0.1, -0.05) is 41.4 Å². The molecule has 0 aliphatic heterocycles. The van der Waals surface area contributed by atoms with Gasteiger partial charge in [0.25, 0.3) is 11.2 Å². The monoisotopic (exact) mass is 566 g/mol. The van der Waals surface area contributed by atoms with Gasteiger partial charge in [0.05, 0.1) is 16.4 Å². The highest BCUT2D eigenvalue weighted by Crippen LogP contribution is 2.37. The Balaban J connectivity index is 1.85. The van der Waals surface area contributed by atoms with Gasteiger partial charge in [0, 0.05) is 39.2 Å². The molecule has 0 spiro atoms. The van der Waals surface area contributed by atoms with Crippen molar-refractivity contribution in [3.05, 3.63) is 121 Å². The number of pyridine rings is 1. The van der Waals surface area contributed by atoms with Crippen LogP contribution in [0, 0.1) is 10.1 Å². The molecule has 2 amide bonds. The summed E-state index contributed by atoms with van der Waals surface area (Å²) in [6.07, 6.45) is 0.108. The molecule has 39 heavy (non-hydrogen) atoms. The minimum Gasteiger partial charge on any atom is -0.465 e. The zero-order chi connectivity index (χ0) is 28.1. The zero-order valence-electron chi connectivity index (χ0n) is 20.0. The van der Waals surface area contributed by atoms with Gasteiger partial charge in [-0.25, -0.2) is 4.79 Å². The number of carbonyl (C=O) groups is 2. The van der Waals surface area contributed by atoms with Crippen LogP contribution < -0.4 is 16.2 Å². The second kappa shape index (κ2) is 11.8. The molecule has 0 radical (unpaired) electrons. The first-order valence-corrected chi connectivity index (χ1v) is 12.2. The Morgan fingerprint density at radius 1 is 0.923 bits per heavy atom. The maximum Gasteiger partial charge on any atom is 0.409 e. The molecule has 4 aromatic rings. The van der Waals surface area contributed by atoms with Crippen molar-refractivity contribution in [3.8, 4) is 11.1 Å². The molecular formula is C27H20Cl2N4O6. The summed E-state index contributed by atoms with van der Waals surface area (Å²) in [5.74, 6) is -1.72. The fourth-order valence-electron chi connectivity index (χ4n) is 4.16. The summed E-state index contributed by atoms with van der Waals surface area (Å²) >= 11 is 12.2. The molecule has 12 heteroatoms. The van der Waals surface area contributed by atoms with Crippen molar-refractivity contribution in [1.29, 1.82) is 0 Å². The van der Waals surface area contributed by atoms with Crippen LogP contribution >= 0.6 is 23.2 Å². The molecule has 1 aromatic heterocycles. The molecule has 0 saturated carbocycles. The molecule has 0 saturated heterocycles. The summed E-state index contributed by atoms with van der Waals surface area (Å²) in [5.41, 5.74) is 0.517. The van der Waals surface area contributed by atoms with E-state index in [0.29, 0.717) is 10.6 Å². The summed E-state index contributed by atoms with van der Waals surface area (Å²) in [7, 11) is 0. The van der Waals surface area contributed by atoms with Crippen LogP contribution in [0.5, 0.6) is 0 Å². The number of carboxylic acid groups (broad SMARTS) is 1. The average Bonchev–Trinajstić information content (AvgIpc) is 2.88. The molecule has 0 aliphatic carbocycles. The number of hydrogen-bond donors (Lipinski definition) is 4. The van der Waals surface area contributed by atoms with Crippen LogP contribution in [-0.4, -0.2) is 27.0 Å². The Bertz CT molecular complexity index is 1620. The third-order valence-electron chi connectivity index (χ3n) is 5.84. The summed E-state index contributed by atoms with van der Waals surface area (Å²) in [4.78, 5) is 51.8. The summed E-state index contributed by atoms with van der Waals surface area (Å²) in [6.45, 7) is 0. The number of aromatic amines is 1. The summed E-state index contributed by atoms with van der Waals surface area (Å²) in [5, 5.41) is 26.5. The smallest absolute Gasteiger partial charge is 0.409 e. The number of nitro benzene ring substituents is 1. The molecule has 0 bridgehead atoms. The van der Waals surface area contributed by atoms with Gasteiger partial charge in [-0.2, -0.15) is 0 Å². The van der Waals surface area contributed by atoms with Crippen molar-refractivity contribution in [1.82, 2.24) is 4.98 Å². The number of aromatic nitrogens is 1. The third-order valence-corrected chi connectivity index (χ3v) is 6.33. The SMILES string of the molecule is O=C(O)Nc1cccc(NC(=O)C(Cc2ccc(Cl)cc2)c2c(-c3cc(Cl)ccc3[N+](=O)[O-])cc[nH]c2=O)c1. The van der Waals surface area contributed by atoms with Gasteiger partial charge in [-0.3, -0.25) is 25.0 Å². The van der Waals surface area contributed by atoms with Crippen molar-refractivity contribution < 1.29 is 19.6 Å². The average molecular weight is 567 g/mol. The topological polar surface area (TPSA) is 154 Å². The number of anilines is 2. The fraction of sp³-hybridized carbons (Fsp3) is 0.0741. The number of benzene rings is 3. The van der Waals surface area contributed by atoms with E-state index in [1.807, 2.05) is 0 Å². The molecular weight excluding hydrogens is 547 g/mol. The lowest BCUT2D eigenvalue weighted by Gasteiger charge is -2.20. The first-order valence-electron chi connectivity index (χ1n) is 11.4. The Morgan fingerprint density at radius 3 is 2.26 bits per heavy atom. The van der Waals surface area contributed by atoms with Crippen LogP contribution in [0.25, 0.3) is 11.1 Å². The Morgan fingerprint density at radius 2 is 1.59 bits per heavy atom. The predicted octanol–water partition coefficient (Wildman–Crippen LogP) is 6.31. The van der Waals surface area contributed by atoms with Crippen molar-refractivity contribution in [2.24, 2.45) is 0 Å². The number of nitro groups is 1. The number of hydrogen-bond acceptors (Lipinski definition) is 5. The molecule has 3 aromatic carbocycles. The number of nitrogens with zero attached hydrogens (tertiary/aromatic N) is 1. The maximum absolute atomic E-state index is 13.8. The molecule has 0 fully saturated rings. The van der Waals surface area contributed by atoms with Crippen LogP contribution in [0.4, 0.5) is 21.9 Å². The highest BCUT2D eigenvalue weighted by atomic mass is 35.5. The van der Waals surface area contributed by atoms with Crippen LogP contribution in [0.15, 0.2) is 83.8 Å². The van der Waals surface area contributed by atoms with E-state index in [1.54, 1.807) is 36.4 Å². The number of rotatable bonds is 8. The Labute approximate surface area is 231 Å². The van der Waals surface area contributed by atoms with E-state index in [1.165, 1.54) is 42.6 Å². The van der Waals surface area contributed by atoms with Gasteiger partial charge in [0.1, 0.15) is 0 Å². The molecule has 10 nitrogen and oxygen atoms in total. The Hall–Kier alpha value is -4.67. The summed E-state index contributed by atoms with van der Waals surface area (Å²) < 4.78 is 0. The molecule has 4 N–H and O–H groups in total. The van der Waals surface area contributed by atoms with E-state index in [0.717, 1.165) is 0 Å². The van der Waals surface area contributed by atoms with Crippen LogP contribution in [-0.2, 0) is 11.2 Å². The molecule has 1 unspecified atom stereocenters. The highest BCUT2D eigenvalue weighted by Gasteiger charge is 2.30. The number of H-pyrrole nitrogens is 1. The second-order valence-corrected chi connectivity index (χ2v) is 9.31. The van der Waals surface area contributed by atoms with Crippen LogP contribution in [0.3, 0.4) is 0 Å². The van der Waals surface area contributed by atoms with Gasteiger partial charge in [0.15, 0.2) is 0 Å². The zero-order valence-corrected chi connectivity index (χ0v) is 21.5. The fourth-order valence-corrected chi connectivity index (χ4v) is 4.46. The van der Waals surface area contributed by atoms with Crippen molar-refractivity contribution in [2.75, 3.05) is 10.6 Å². The lowest BCUT2D eigenvalue weighted by Crippen LogP contribution is -2.29. The predicted molar refractivity (Wildman–Crippen MR) is 149 cm³/mol. The standard InChI is InChI=1S/C27H20Cl2N4O6/c28-16-6-4-15(5-7-16)12-22(25(34)31-18-2-1-3-19(14-18)32-27(36)37)24-20(10-11-30-26(24)35)21-13-17(29)8-9-23(21)33(38)39/h1-11,13-14,22,32H,12H2,(H,30,35)(H,31,34)(H,36,37). The second-order valence-electron chi connectivity index (χ2n) is 8.44. The van der Waals surface area contributed by atoms with E-state index in [9.17, 15) is 24.5 Å². The summed E-state index contributed by atoms with van der Waals surface area (Å²) in [6, 6.07) is 18.2. The lowest BCUT2D eigenvalue weighted by atomic mass is 9.86. The normalized spacial score (nSPS) is 11.4. The van der Waals surface area contributed by atoms with Crippen molar-refractivity contribution in [2.45, 2.75) is 12.3 Å². The minimum absolute atomic E-state index is 0.00451.